The van der Waals surface area contributed by atoms with Gasteiger partial charge in [-0.25, -0.2) is 0 Å². The van der Waals surface area contributed by atoms with Gasteiger partial charge in [-0.15, -0.1) is 0 Å². The van der Waals surface area contributed by atoms with Crippen LogP contribution in [0.3, 0.4) is 0 Å². The molecule has 15 heteroatoms. The molecule has 0 bridgehead atoms. The number of pyridine rings is 1. The number of carbonyl (C=O) groups is 1. The van der Waals surface area contributed by atoms with E-state index in [1.165, 1.54) is 34.4 Å². The monoisotopic (exact) mass is 738 g/mol. The zero-order chi connectivity index (χ0) is 34.4. The van der Waals surface area contributed by atoms with Crippen LogP contribution in [0.4, 0.5) is 32.0 Å². The molecule has 1 fully saturated rings. The van der Waals surface area contributed by atoms with E-state index in [9.17, 15) is 19.0 Å². The molecule has 1 amide bonds. The maximum atomic E-state index is 15.4. The van der Waals surface area contributed by atoms with E-state index in [1.807, 2.05) is 0 Å². The van der Waals surface area contributed by atoms with E-state index in [1.54, 1.807) is 23.6 Å². The normalized spacial score (nSPS) is 20.0. The second-order valence-electron chi connectivity index (χ2n) is 11.3. The fraction of sp³-hybridized carbons (Fsp3) is 0.312. The van der Waals surface area contributed by atoms with Gasteiger partial charge in [0.1, 0.15) is 0 Å². The molecule has 3 heterocycles. The fourth-order valence-electron chi connectivity index (χ4n) is 6.14. The van der Waals surface area contributed by atoms with Crippen molar-refractivity contribution < 1.29 is 46.4 Å². The number of nitrogens with one attached hydrogen (secondary N) is 1. The molecular formula is C32H28ClCoF6N5OS. The standard InChI is InChI=1S/C32H28ClF6N5OS.Co/c1-5-27(45)44-16(2)12-43(13-17(44)3)31(40)21-9-22(32(37,38)39)28(20-10-23(33)25(36)11-24(20)35)30-29(21)42(4)14-18(15-46-30)26-8-19(34)6-7-41-26;/h4-11,16-18,40H,1,12-15H2,2-3H3;/t16-,17+,18-;/m0./s1. The molecular weight excluding hydrogens is 711 g/mol. The molecule has 0 saturated carbocycles. The number of amidine groups is 1. The third-order valence-corrected chi connectivity index (χ3v) is 10.0. The summed E-state index contributed by atoms with van der Waals surface area (Å²) < 4.78 is 88.9. The summed E-state index contributed by atoms with van der Waals surface area (Å²) in [5.74, 6) is -3.97. The Hall–Kier alpha value is -3.33. The summed E-state index contributed by atoms with van der Waals surface area (Å²) >= 11 is 11.4. The summed E-state index contributed by atoms with van der Waals surface area (Å²) in [6, 6.07) is 3.60. The summed E-state index contributed by atoms with van der Waals surface area (Å²) in [5, 5.41) is 10.0. The van der Waals surface area contributed by atoms with Crippen molar-refractivity contribution in [3.05, 3.63) is 88.5 Å². The van der Waals surface area contributed by atoms with Crippen LogP contribution in [0.2, 0.25) is 5.02 Å². The minimum absolute atomic E-state index is 0.0503. The first-order chi connectivity index (χ1) is 22.2. The fourth-order valence-corrected chi connectivity index (χ4v) is 7.92. The quantitative estimate of drug-likeness (QED) is 0.0982. The molecule has 1 aromatic heterocycles. The van der Waals surface area contributed by atoms with Crippen molar-refractivity contribution in [2.45, 2.75) is 42.9 Å². The summed E-state index contributed by atoms with van der Waals surface area (Å²) in [6.45, 7) is 7.42. The van der Waals surface area contributed by atoms with Crippen LogP contribution in [0.15, 0.2) is 54.1 Å². The number of aromatic nitrogens is 1. The molecule has 251 valence electrons. The maximum absolute atomic E-state index is 15.4. The van der Waals surface area contributed by atoms with Gasteiger partial charge < -0.3 is 0 Å². The number of halogens is 7. The summed E-state index contributed by atoms with van der Waals surface area (Å²) in [5.41, 5.74) is -2.08. The predicted molar refractivity (Wildman–Crippen MR) is 167 cm³/mol. The van der Waals surface area contributed by atoms with Crippen LogP contribution in [-0.2, 0) is 26.3 Å². The Morgan fingerprint density at radius 1 is 1.11 bits per heavy atom. The van der Waals surface area contributed by atoms with Crippen molar-refractivity contribution in [2.75, 3.05) is 30.3 Å². The minimum atomic E-state index is -5.05. The predicted octanol–water partition coefficient (Wildman–Crippen LogP) is 7.27. The molecule has 5 rings (SSSR count). The van der Waals surface area contributed by atoms with Crippen LogP contribution >= 0.6 is 23.4 Å². The molecule has 1 saturated heterocycles. The number of anilines is 1. The van der Waals surface area contributed by atoms with Crippen molar-refractivity contribution in [3.63, 3.8) is 0 Å². The van der Waals surface area contributed by atoms with E-state index in [2.05, 4.69) is 26.9 Å². The van der Waals surface area contributed by atoms with Gasteiger partial charge in [-0.05, 0) is 0 Å². The van der Waals surface area contributed by atoms with Gasteiger partial charge >= 0.3 is 285 Å². The van der Waals surface area contributed by atoms with Gasteiger partial charge in [0, 0.05) is 0 Å². The SMILES string of the molecule is C=CC(=O)N1[C@H](C)CN(C(=N)c2cc(C(F)(F)F)c(-c3cc(Cl)c(F)cc3F)c3c2N([CH]=[Co])C[C@H](c2cc(F)ccn2)CS3)C[C@@H]1C. The number of thioether (sulfide) groups is 1. The van der Waals surface area contributed by atoms with E-state index < -0.39 is 63.3 Å². The molecule has 1 N–H and O–H groups in total. The molecule has 3 aromatic rings. The zero-order valence-corrected chi connectivity index (χ0v) is 27.6. The number of carbonyl (C=O) groups excluding carboxylic acids is 1. The molecule has 2 aliphatic heterocycles. The molecule has 0 unspecified atom stereocenters. The molecule has 6 nitrogen and oxygen atoms in total. The average molecular weight is 739 g/mol. The van der Waals surface area contributed by atoms with Gasteiger partial charge in [0.05, 0.1) is 0 Å². The second-order valence-corrected chi connectivity index (χ2v) is 13.0. The molecule has 0 radical (unpaired) electrons. The summed E-state index contributed by atoms with van der Waals surface area (Å²) in [7, 11) is 0. The van der Waals surface area contributed by atoms with Crippen LogP contribution in [0.25, 0.3) is 11.1 Å². The number of benzene rings is 2. The first-order valence-corrected chi connectivity index (χ1v) is 16.3. The number of fused-ring (bicyclic) bond motifs is 1. The van der Waals surface area contributed by atoms with E-state index in [-0.39, 0.29) is 53.3 Å². The Kier molecular flexibility index (Phi) is 10.2. The van der Waals surface area contributed by atoms with E-state index in [4.69, 9.17) is 11.6 Å². The van der Waals surface area contributed by atoms with Gasteiger partial charge in [-0.3, -0.25) is 0 Å². The molecule has 3 atom stereocenters. The Morgan fingerprint density at radius 2 is 1.79 bits per heavy atom. The van der Waals surface area contributed by atoms with E-state index in [0.29, 0.717) is 11.8 Å². The van der Waals surface area contributed by atoms with Crippen molar-refractivity contribution in [3.8, 4) is 11.1 Å². The van der Waals surface area contributed by atoms with Crippen LogP contribution < -0.4 is 4.90 Å². The Balaban J connectivity index is 1.76. The topological polar surface area (TPSA) is 63.5 Å². The molecule has 0 aliphatic carbocycles. The van der Waals surface area contributed by atoms with Crippen molar-refractivity contribution in [1.82, 2.24) is 14.8 Å². The van der Waals surface area contributed by atoms with Gasteiger partial charge in [0.2, 0.25) is 0 Å². The zero-order valence-electron chi connectivity index (χ0n) is 25.0. The first-order valence-electron chi connectivity index (χ1n) is 14.3. The number of rotatable bonds is 5. The second kappa shape index (κ2) is 13.6. The first kappa shape index (κ1) is 35.0. The number of hydrogen-bond acceptors (Lipinski definition) is 5. The van der Waals surface area contributed by atoms with E-state index >= 15 is 17.6 Å². The number of alkyl halides is 3. The van der Waals surface area contributed by atoms with Crippen molar-refractivity contribution in [1.29, 1.82) is 5.41 Å². The average Bonchev–Trinajstić information content (AvgIpc) is 3.21. The van der Waals surface area contributed by atoms with Crippen molar-refractivity contribution in [2.24, 2.45) is 0 Å². The summed E-state index contributed by atoms with van der Waals surface area (Å²) in [6.07, 6.45) is -2.58. The molecule has 2 aliphatic rings. The summed E-state index contributed by atoms with van der Waals surface area (Å²) in [4.78, 5) is 21.4. The molecule has 2 aromatic carbocycles. The van der Waals surface area contributed by atoms with Crippen LogP contribution in [0.5, 0.6) is 0 Å². The van der Waals surface area contributed by atoms with Crippen LogP contribution in [0, 0.1) is 22.9 Å². The number of amides is 1. The number of hydrogen-bond donors (Lipinski definition) is 1. The van der Waals surface area contributed by atoms with Gasteiger partial charge in [0.25, 0.3) is 0 Å². The van der Waals surface area contributed by atoms with Gasteiger partial charge in [-0.1, -0.05) is 0 Å². The van der Waals surface area contributed by atoms with Crippen molar-refractivity contribution >= 4 is 45.9 Å². The van der Waals surface area contributed by atoms with Crippen LogP contribution in [0.1, 0.15) is 36.6 Å². The number of nitrogens with zero attached hydrogens (tertiary/aromatic N) is 4. The third kappa shape index (κ3) is 6.83. The van der Waals surface area contributed by atoms with Crippen LogP contribution in [-0.4, -0.2) is 69.1 Å². The number of piperazine rings is 1. The molecule has 47 heavy (non-hydrogen) atoms. The van der Waals surface area contributed by atoms with Gasteiger partial charge in [0.15, 0.2) is 0 Å². The van der Waals surface area contributed by atoms with E-state index in [0.717, 1.165) is 23.9 Å². The van der Waals surface area contributed by atoms with Gasteiger partial charge in [-0.2, -0.15) is 0 Å². The third-order valence-electron chi connectivity index (χ3n) is 8.16. The molecule has 0 spiro atoms. The Bertz CT molecular complexity index is 1760. The Morgan fingerprint density at radius 3 is 2.38 bits per heavy atom. The Labute approximate surface area is 284 Å².